The molecule has 0 aromatic carbocycles. The first-order valence-electron chi connectivity index (χ1n) is 6.78. The lowest BCUT2D eigenvalue weighted by Gasteiger charge is -2.15. The average molecular weight is 242 g/mol. The van der Waals surface area contributed by atoms with Crippen LogP contribution in [0.3, 0.4) is 0 Å². The van der Waals surface area contributed by atoms with E-state index in [1.165, 1.54) is 0 Å². The molecule has 1 N–H and O–H groups in total. The van der Waals surface area contributed by atoms with Gasteiger partial charge in [0.05, 0.1) is 0 Å². The summed E-state index contributed by atoms with van der Waals surface area (Å²) in [7, 11) is 0. The Morgan fingerprint density at radius 1 is 1.41 bits per heavy atom. The monoisotopic (exact) mass is 242 g/mol. The van der Waals surface area contributed by atoms with Crippen LogP contribution in [-0.2, 0) is 9.59 Å². The molecule has 2 amide bonds. The Morgan fingerprint density at radius 2 is 2.12 bits per heavy atom. The summed E-state index contributed by atoms with van der Waals surface area (Å²) in [6.45, 7) is 8.35. The molecule has 0 radical (unpaired) electrons. The maximum atomic E-state index is 11.2. The van der Waals surface area contributed by atoms with Gasteiger partial charge in [-0.25, -0.2) is 0 Å². The molecule has 0 bridgehead atoms. The van der Waals surface area contributed by atoms with Crippen LogP contribution in [0.4, 0.5) is 0 Å². The summed E-state index contributed by atoms with van der Waals surface area (Å²) in [6.07, 6.45) is 4.03. The summed E-state index contributed by atoms with van der Waals surface area (Å²) in [6, 6.07) is 0. The van der Waals surface area contributed by atoms with Crippen LogP contribution in [0, 0.1) is 0 Å². The zero-order valence-electron chi connectivity index (χ0n) is 11.4. The minimum absolute atomic E-state index is 0.116. The van der Waals surface area contributed by atoms with Crippen molar-refractivity contribution in [3.63, 3.8) is 0 Å². The van der Waals surface area contributed by atoms with Crippen molar-refractivity contribution in [1.82, 2.24) is 10.2 Å². The van der Waals surface area contributed by atoms with Gasteiger partial charge in [0, 0.05) is 32.5 Å². The van der Waals surface area contributed by atoms with E-state index in [-0.39, 0.29) is 11.8 Å². The Hall–Kier alpha value is -1.06. The predicted octanol–water partition coefficient (Wildman–Crippen LogP) is 1.94. The molecule has 100 valence electrons. The van der Waals surface area contributed by atoms with Gasteiger partial charge in [0.2, 0.25) is 11.8 Å². The zero-order chi connectivity index (χ0) is 13.1. The Labute approximate surface area is 105 Å². The van der Waals surface area contributed by atoms with Gasteiger partial charge in [0.1, 0.15) is 0 Å². The lowest BCUT2D eigenvalue weighted by atomic mass is 10.3. The van der Waals surface area contributed by atoms with Gasteiger partial charge in [-0.05, 0) is 19.3 Å². The topological polar surface area (TPSA) is 49.4 Å². The molecule has 0 aliphatic carbocycles. The van der Waals surface area contributed by atoms with Crippen molar-refractivity contribution >= 4 is 11.8 Å². The molecule has 1 saturated heterocycles. The van der Waals surface area contributed by atoms with E-state index in [2.05, 4.69) is 5.32 Å². The van der Waals surface area contributed by atoms with Gasteiger partial charge in [-0.1, -0.05) is 20.8 Å². The van der Waals surface area contributed by atoms with Gasteiger partial charge < -0.3 is 10.2 Å². The molecule has 1 aliphatic rings. The lowest BCUT2D eigenvalue weighted by molar-refractivity contribution is -0.127. The molecule has 0 unspecified atom stereocenters. The number of amides is 2. The second kappa shape index (κ2) is 10.1. The third-order valence-electron chi connectivity index (χ3n) is 2.58. The van der Waals surface area contributed by atoms with Crippen molar-refractivity contribution in [2.24, 2.45) is 0 Å². The van der Waals surface area contributed by atoms with Crippen LogP contribution in [0.5, 0.6) is 0 Å². The third kappa shape index (κ3) is 6.97. The third-order valence-corrected chi connectivity index (χ3v) is 2.58. The molecule has 1 rings (SSSR count). The Kier molecular flexibility index (Phi) is 9.49. The quantitative estimate of drug-likeness (QED) is 0.724. The van der Waals surface area contributed by atoms with Crippen molar-refractivity contribution < 1.29 is 9.59 Å². The van der Waals surface area contributed by atoms with Gasteiger partial charge in [0.25, 0.3) is 0 Å². The normalized spacial score (nSPS) is 14.3. The molecule has 1 fully saturated rings. The van der Waals surface area contributed by atoms with Gasteiger partial charge in [-0.2, -0.15) is 0 Å². The summed E-state index contributed by atoms with van der Waals surface area (Å²) < 4.78 is 0. The van der Waals surface area contributed by atoms with E-state index >= 15 is 0 Å². The molecule has 4 heteroatoms. The van der Waals surface area contributed by atoms with E-state index in [1.54, 1.807) is 0 Å². The second-order valence-corrected chi connectivity index (χ2v) is 3.94. The largest absolute Gasteiger partial charge is 0.356 e. The minimum Gasteiger partial charge on any atom is -0.356 e. The maximum absolute atomic E-state index is 11.2. The first-order chi connectivity index (χ1) is 8.24. The smallest absolute Gasteiger partial charge is 0.222 e. The molecule has 17 heavy (non-hydrogen) atoms. The predicted molar refractivity (Wildman–Crippen MR) is 69.7 cm³/mol. The molecule has 0 atom stereocenters. The number of likely N-dealkylation sites (tertiary alicyclic amines) is 1. The van der Waals surface area contributed by atoms with E-state index in [9.17, 15) is 9.59 Å². The van der Waals surface area contributed by atoms with Gasteiger partial charge in [-0.15, -0.1) is 0 Å². The van der Waals surface area contributed by atoms with Gasteiger partial charge in [0.15, 0.2) is 0 Å². The standard InChI is InChI=1S/C11H20N2O2.C2H6/c1-2-5-10(14)12-7-4-9-13-8-3-6-11(13)15;1-2/h2-9H2,1H3,(H,12,14);1-2H3. The highest BCUT2D eigenvalue weighted by atomic mass is 16.2. The molecule has 0 aromatic rings. The van der Waals surface area contributed by atoms with Crippen molar-refractivity contribution in [1.29, 1.82) is 0 Å². The number of rotatable bonds is 6. The van der Waals surface area contributed by atoms with Crippen molar-refractivity contribution in [2.45, 2.75) is 52.9 Å². The van der Waals surface area contributed by atoms with E-state index in [0.29, 0.717) is 19.4 Å². The summed E-state index contributed by atoms with van der Waals surface area (Å²) in [5, 5.41) is 2.85. The molecule has 0 aromatic heterocycles. The SMILES string of the molecule is CC.CCCC(=O)NCCCN1CCCC1=O. The van der Waals surface area contributed by atoms with E-state index in [1.807, 2.05) is 25.7 Å². The Morgan fingerprint density at radius 3 is 2.65 bits per heavy atom. The number of carbonyl (C=O) groups excluding carboxylic acids is 2. The number of hydrogen-bond acceptors (Lipinski definition) is 2. The highest BCUT2D eigenvalue weighted by Crippen LogP contribution is 2.09. The number of hydrogen-bond donors (Lipinski definition) is 1. The van der Waals surface area contributed by atoms with Crippen LogP contribution >= 0.6 is 0 Å². The summed E-state index contributed by atoms with van der Waals surface area (Å²) in [4.78, 5) is 24.2. The molecular weight excluding hydrogens is 216 g/mol. The second-order valence-electron chi connectivity index (χ2n) is 3.94. The molecule has 0 saturated carbocycles. The summed E-state index contributed by atoms with van der Waals surface area (Å²) in [5.74, 6) is 0.375. The average Bonchev–Trinajstić information content (AvgIpc) is 2.74. The number of nitrogens with one attached hydrogen (secondary N) is 1. The highest BCUT2D eigenvalue weighted by molar-refractivity contribution is 5.78. The fourth-order valence-electron chi connectivity index (χ4n) is 1.75. The van der Waals surface area contributed by atoms with Crippen LogP contribution in [-0.4, -0.2) is 36.3 Å². The fourth-order valence-corrected chi connectivity index (χ4v) is 1.75. The highest BCUT2D eigenvalue weighted by Gasteiger charge is 2.18. The van der Waals surface area contributed by atoms with Gasteiger partial charge >= 0.3 is 0 Å². The molecule has 1 aliphatic heterocycles. The number of carbonyl (C=O) groups is 2. The Bertz CT molecular complexity index is 229. The summed E-state index contributed by atoms with van der Waals surface area (Å²) >= 11 is 0. The van der Waals surface area contributed by atoms with E-state index in [0.717, 1.165) is 32.4 Å². The van der Waals surface area contributed by atoms with Crippen LogP contribution in [0.2, 0.25) is 0 Å². The van der Waals surface area contributed by atoms with Crippen molar-refractivity contribution in [3.8, 4) is 0 Å². The first-order valence-corrected chi connectivity index (χ1v) is 6.78. The van der Waals surface area contributed by atoms with Crippen LogP contribution in [0.15, 0.2) is 0 Å². The fraction of sp³-hybridized carbons (Fsp3) is 0.846. The lowest BCUT2D eigenvalue weighted by Crippen LogP contribution is -2.30. The van der Waals surface area contributed by atoms with Crippen LogP contribution < -0.4 is 5.32 Å². The number of nitrogens with zero attached hydrogens (tertiary/aromatic N) is 1. The van der Waals surface area contributed by atoms with Gasteiger partial charge in [-0.3, -0.25) is 9.59 Å². The van der Waals surface area contributed by atoms with Crippen molar-refractivity contribution in [3.05, 3.63) is 0 Å². The summed E-state index contributed by atoms with van der Waals surface area (Å²) in [5.41, 5.74) is 0. The molecular formula is C13H26N2O2. The molecule has 0 spiro atoms. The maximum Gasteiger partial charge on any atom is 0.222 e. The Balaban J connectivity index is 0.00000121. The van der Waals surface area contributed by atoms with Crippen molar-refractivity contribution in [2.75, 3.05) is 19.6 Å². The minimum atomic E-state index is 0.116. The van der Waals surface area contributed by atoms with E-state index < -0.39 is 0 Å². The zero-order valence-corrected chi connectivity index (χ0v) is 11.4. The van der Waals surface area contributed by atoms with Crippen LogP contribution in [0.25, 0.3) is 0 Å². The van der Waals surface area contributed by atoms with Crippen LogP contribution in [0.1, 0.15) is 52.9 Å². The molecule has 1 heterocycles. The molecule has 4 nitrogen and oxygen atoms in total. The first kappa shape index (κ1) is 15.9. The van der Waals surface area contributed by atoms with E-state index in [4.69, 9.17) is 0 Å².